The maximum absolute atomic E-state index is 13.1. The third-order valence-electron chi connectivity index (χ3n) is 5.72. The lowest BCUT2D eigenvalue weighted by molar-refractivity contribution is 0.0748. The van der Waals surface area contributed by atoms with Crippen LogP contribution in [0.3, 0.4) is 0 Å². The molecule has 2 aromatic carbocycles. The predicted octanol–water partition coefficient (Wildman–Crippen LogP) is 3.08. The molecule has 136 valence electrons. The second-order valence-corrected chi connectivity index (χ2v) is 7.33. The Bertz CT molecular complexity index is 1000. The smallest absolute Gasteiger partial charge is 0.254 e. The van der Waals surface area contributed by atoms with E-state index in [-0.39, 0.29) is 5.91 Å². The second kappa shape index (κ2) is 6.65. The lowest BCUT2D eigenvalue weighted by Gasteiger charge is -2.35. The summed E-state index contributed by atoms with van der Waals surface area (Å²) in [6.07, 6.45) is 3.34. The number of benzene rings is 2. The minimum absolute atomic E-state index is 0.117. The van der Waals surface area contributed by atoms with Crippen LogP contribution in [0.2, 0.25) is 0 Å². The quantitative estimate of drug-likeness (QED) is 0.706. The molecule has 27 heavy (non-hydrogen) atoms. The van der Waals surface area contributed by atoms with Gasteiger partial charge in [-0.2, -0.15) is 5.10 Å². The van der Waals surface area contributed by atoms with Gasteiger partial charge in [-0.15, -0.1) is 5.10 Å². The maximum atomic E-state index is 13.1. The molecule has 0 unspecified atom stereocenters. The van der Waals surface area contributed by atoms with E-state index in [1.165, 1.54) is 12.0 Å². The number of hydrogen-bond donors (Lipinski definition) is 0. The Kier molecular flexibility index (Phi) is 4.00. The average molecular weight is 358 g/mol. The summed E-state index contributed by atoms with van der Waals surface area (Å²) in [5.41, 5.74) is 3.29. The number of nitrogens with zero attached hydrogens (tertiary/aromatic N) is 4. The van der Waals surface area contributed by atoms with E-state index in [9.17, 15) is 4.79 Å². The van der Waals surface area contributed by atoms with E-state index in [0.29, 0.717) is 13.1 Å². The van der Waals surface area contributed by atoms with Crippen LogP contribution in [-0.2, 0) is 12.8 Å². The van der Waals surface area contributed by atoms with E-state index >= 15 is 0 Å². The SMILES string of the molecule is O=C(c1cccc2ccccc12)N1CCN(c2cc3c(nn2)CCC3)CC1. The van der Waals surface area contributed by atoms with Crippen molar-refractivity contribution in [2.24, 2.45) is 0 Å². The van der Waals surface area contributed by atoms with Crippen molar-refractivity contribution in [3.63, 3.8) is 0 Å². The lowest BCUT2D eigenvalue weighted by atomic mass is 10.0. The summed E-state index contributed by atoms with van der Waals surface area (Å²) in [5, 5.41) is 10.9. The van der Waals surface area contributed by atoms with E-state index in [1.54, 1.807) is 0 Å². The Labute approximate surface area is 158 Å². The number of aryl methyl sites for hydroxylation is 2. The van der Waals surface area contributed by atoms with Crippen LogP contribution in [0.5, 0.6) is 0 Å². The number of carbonyl (C=O) groups excluding carboxylic acids is 1. The summed E-state index contributed by atoms with van der Waals surface area (Å²) in [6.45, 7) is 3.01. The minimum atomic E-state index is 0.117. The zero-order valence-electron chi connectivity index (χ0n) is 15.3. The lowest BCUT2D eigenvalue weighted by Crippen LogP contribution is -2.49. The van der Waals surface area contributed by atoms with Crippen LogP contribution in [-0.4, -0.2) is 47.2 Å². The monoisotopic (exact) mass is 358 g/mol. The zero-order chi connectivity index (χ0) is 18.2. The minimum Gasteiger partial charge on any atom is -0.352 e. The molecule has 5 rings (SSSR count). The van der Waals surface area contributed by atoms with Gasteiger partial charge in [0.25, 0.3) is 5.91 Å². The van der Waals surface area contributed by atoms with Gasteiger partial charge in [-0.05, 0) is 47.7 Å². The summed E-state index contributed by atoms with van der Waals surface area (Å²) in [4.78, 5) is 17.3. The van der Waals surface area contributed by atoms with Gasteiger partial charge in [-0.25, -0.2) is 0 Å². The van der Waals surface area contributed by atoms with Crippen LogP contribution in [0.25, 0.3) is 10.8 Å². The standard InChI is InChI=1S/C22H22N4O/c27-22(19-9-3-6-16-5-1-2-8-18(16)19)26-13-11-25(12-14-26)21-15-17-7-4-10-20(17)23-24-21/h1-3,5-6,8-9,15H,4,7,10-14H2. The Morgan fingerprint density at radius 3 is 2.59 bits per heavy atom. The van der Waals surface area contributed by atoms with Gasteiger partial charge in [0.15, 0.2) is 5.82 Å². The van der Waals surface area contributed by atoms with E-state index in [2.05, 4.69) is 33.3 Å². The number of hydrogen-bond acceptors (Lipinski definition) is 4. The molecular weight excluding hydrogens is 336 g/mol. The molecule has 0 atom stereocenters. The number of carbonyl (C=O) groups is 1. The van der Waals surface area contributed by atoms with Crippen LogP contribution in [0, 0.1) is 0 Å². The summed E-state index contributed by atoms with van der Waals surface area (Å²) in [7, 11) is 0. The molecule has 0 spiro atoms. The van der Waals surface area contributed by atoms with Gasteiger partial charge < -0.3 is 9.80 Å². The molecule has 1 aliphatic heterocycles. The topological polar surface area (TPSA) is 49.3 Å². The molecule has 0 radical (unpaired) electrons. The first kappa shape index (κ1) is 16.2. The van der Waals surface area contributed by atoms with Crippen molar-refractivity contribution in [1.29, 1.82) is 0 Å². The molecule has 1 fully saturated rings. The fourth-order valence-electron chi connectivity index (χ4n) is 4.19. The van der Waals surface area contributed by atoms with Gasteiger partial charge in [0.2, 0.25) is 0 Å². The normalized spacial score (nSPS) is 16.6. The highest BCUT2D eigenvalue weighted by Gasteiger charge is 2.25. The number of anilines is 1. The molecule has 2 aliphatic rings. The number of amides is 1. The summed E-state index contributed by atoms with van der Waals surface area (Å²) >= 11 is 0. The first-order chi connectivity index (χ1) is 13.3. The van der Waals surface area contributed by atoms with Gasteiger partial charge in [-0.1, -0.05) is 36.4 Å². The third-order valence-corrected chi connectivity index (χ3v) is 5.72. The van der Waals surface area contributed by atoms with E-state index in [1.807, 2.05) is 35.2 Å². The summed E-state index contributed by atoms with van der Waals surface area (Å²) < 4.78 is 0. The third kappa shape index (κ3) is 2.93. The fourth-order valence-corrected chi connectivity index (χ4v) is 4.19. The Morgan fingerprint density at radius 1 is 0.889 bits per heavy atom. The molecule has 0 bridgehead atoms. The molecule has 1 amide bonds. The number of rotatable bonds is 2. The number of aromatic nitrogens is 2. The zero-order valence-corrected chi connectivity index (χ0v) is 15.3. The molecule has 1 aromatic heterocycles. The first-order valence-electron chi connectivity index (χ1n) is 9.67. The Balaban J connectivity index is 1.32. The van der Waals surface area contributed by atoms with E-state index in [4.69, 9.17) is 0 Å². The Hall–Kier alpha value is -2.95. The second-order valence-electron chi connectivity index (χ2n) is 7.33. The van der Waals surface area contributed by atoms with Crippen LogP contribution >= 0.6 is 0 Å². The van der Waals surface area contributed by atoms with Gasteiger partial charge in [-0.3, -0.25) is 4.79 Å². The molecule has 1 aliphatic carbocycles. The molecule has 2 heterocycles. The van der Waals surface area contributed by atoms with Crippen LogP contribution in [0.15, 0.2) is 48.5 Å². The van der Waals surface area contributed by atoms with Crippen molar-refractivity contribution < 1.29 is 4.79 Å². The average Bonchev–Trinajstić information content (AvgIpc) is 3.21. The maximum Gasteiger partial charge on any atom is 0.254 e. The molecule has 1 saturated heterocycles. The molecule has 5 nitrogen and oxygen atoms in total. The van der Waals surface area contributed by atoms with Crippen LogP contribution < -0.4 is 4.90 Å². The highest BCUT2D eigenvalue weighted by Crippen LogP contribution is 2.24. The largest absolute Gasteiger partial charge is 0.352 e. The number of fused-ring (bicyclic) bond motifs is 2. The highest BCUT2D eigenvalue weighted by atomic mass is 16.2. The van der Waals surface area contributed by atoms with Gasteiger partial charge >= 0.3 is 0 Å². The van der Waals surface area contributed by atoms with Crippen molar-refractivity contribution in [1.82, 2.24) is 15.1 Å². The number of piperazine rings is 1. The van der Waals surface area contributed by atoms with Crippen LogP contribution in [0.4, 0.5) is 5.82 Å². The van der Waals surface area contributed by atoms with Crippen molar-refractivity contribution in [3.8, 4) is 0 Å². The van der Waals surface area contributed by atoms with Crippen molar-refractivity contribution in [3.05, 3.63) is 65.4 Å². The van der Waals surface area contributed by atoms with Crippen molar-refractivity contribution in [2.45, 2.75) is 19.3 Å². The summed E-state index contributed by atoms with van der Waals surface area (Å²) in [5.74, 6) is 1.07. The van der Waals surface area contributed by atoms with E-state index < -0.39 is 0 Å². The summed E-state index contributed by atoms with van der Waals surface area (Å²) in [6, 6.07) is 16.2. The van der Waals surface area contributed by atoms with Crippen molar-refractivity contribution in [2.75, 3.05) is 31.1 Å². The van der Waals surface area contributed by atoms with E-state index in [0.717, 1.165) is 53.8 Å². The molecular formula is C22H22N4O. The molecule has 0 saturated carbocycles. The first-order valence-corrected chi connectivity index (χ1v) is 9.67. The van der Waals surface area contributed by atoms with Crippen molar-refractivity contribution >= 4 is 22.5 Å². The fraction of sp³-hybridized carbons (Fsp3) is 0.318. The predicted molar refractivity (Wildman–Crippen MR) is 106 cm³/mol. The van der Waals surface area contributed by atoms with Gasteiger partial charge in [0, 0.05) is 31.7 Å². The van der Waals surface area contributed by atoms with Gasteiger partial charge in [0.1, 0.15) is 0 Å². The Morgan fingerprint density at radius 2 is 1.70 bits per heavy atom. The molecule has 3 aromatic rings. The molecule has 5 heteroatoms. The molecule has 0 N–H and O–H groups in total. The highest BCUT2D eigenvalue weighted by molar-refractivity contribution is 6.07. The van der Waals surface area contributed by atoms with Gasteiger partial charge in [0.05, 0.1) is 5.69 Å². The van der Waals surface area contributed by atoms with Crippen LogP contribution in [0.1, 0.15) is 28.0 Å².